The Hall–Kier alpha value is -1.90. The fraction of sp³-hybridized carbons (Fsp3) is 0.375. The van der Waals surface area contributed by atoms with Gasteiger partial charge in [0.15, 0.2) is 11.8 Å². The number of nitrogens with zero attached hydrogens (tertiary/aromatic N) is 2. The molecule has 6 nitrogen and oxygen atoms in total. The van der Waals surface area contributed by atoms with Crippen LogP contribution in [0.5, 0.6) is 0 Å². The maximum absolute atomic E-state index is 11.9. The van der Waals surface area contributed by atoms with Crippen LogP contribution in [-0.2, 0) is 0 Å². The quantitative estimate of drug-likeness (QED) is 0.721. The molecule has 0 saturated carbocycles. The summed E-state index contributed by atoms with van der Waals surface area (Å²) in [4.78, 5) is 17.4. The maximum atomic E-state index is 11.9. The van der Waals surface area contributed by atoms with E-state index in [4.69, 9.17) is 10.2 Å². The molecule has 1 aromatic rings. The van der Waals surface area contributed by atoms with Crippen LogP contribution in [0.1, 0.15) is 10.5 Å². The second-order valence-corrected chi connectivity index (χ2v) is 3.03. The van der Waals surface area contributed by atoms with Crippen molar-refractivity contribution in [2.45, 2.75) is 12.3 Å². The molecule has 0 spiro atoms. The van der Waals surface area contributed by atoms with E-state index in [1.165, 1.54) is 0 Å². The second kappa shape index (κ2) is 4.95. The molecule has 0 saturated heterocycles. The van der Waals surface area contributed by atoms with Crippen LogP contribution in [-0.4, -0.2) is 45.0 Å². The molecule has 1 aromatic heterocycles. The van der Waals surface area contributed by atoms with E-state index < -0.39 is 24.8 Å². The first-order valence-corrected chi connectivity index (χ1v) is 4.34. The van der Waals surface area contributed by atoms with Gasteiger partial charge in [-0.3, -0.25) is 0 Å². The van der Waals surface area contributed by atoms with E-state index in [1.54, 1.807) is 0 Å². The molecule has 0 amide bonds. The maximum Gasteiger partial charge on any atom is 0.416 e. The fourth-order valence-corrected chi connectivity index (χ4v) is 0.847. The summed E-state index contributed by atoms with van der Waals surface area (Å²) in [5, 5.41) is 19.3. The third-order valence-electron chi connectivity index (χ3n) is 1.73. The van der Waals surface area contributed by atoms with Gasteiger partial charge in [-0.2, -0.15) is 13.2 Å². The lowest BCUT2D eigenvalue weighted by Crippen LogP contribution is -2.35. The highest BCUT2D eigenvalue weighted by molar-refractivity contribution is 5.84. The van der Waals surface area contributed by atoms with E-state index in [1.807, 2.05) is 0 Å². The Morgan fingerprint density at radius 2 is 2.06 bits per heavy atom. The number of carbonyl (C=O) groups is 1. The van der Waals surface area contributed by atoms with Gasteiger partial charge in [-0.15, -0.1) is 0 Å². The first-order valence-electron chi connectivity index (χ1n) is 4.34. The Balaban J connectivity index is 2.56. The highest BCUT2D eigenvalue weighted by Crippen LogP contribution is 2.19. The zero-order chi connectivity index (χ0) is 13.1. The van der Waals surface area contributed by atoms with E-state index in [-0.39, 0.29) is 11.5 Å². The average molecular weight is 251 g/mol. The van der Waals surface area contributed by atoms with Crippen molar-refractivity contribution >= 4 is 11.8 Å². The van der Waals surface area contributed by atoms with Gasteiger partial charge >= 0.3 is 12.1 Å². The van der Waals surface area contributed by atoms with Crippen molar-refractivity contribution in [2.24, 2.45) is 0 Å². The topological polar surface area (TPSA) is 95.3 Å². The number of carboxylic acids is 1. The summed E-state index contributed by atoms with van der Waals surface area (Å²) in [5.74, 6) is -1.35. The molecule has 0 fully saturated rings. The summed E-state index contributed by atoms with van der Waals surface area (Å²) in [5.41, 5.74) is -0.327. The zero-order valence-electron chi connectivity index (χ0n) is 8.27. The molecule has 3 N–H and O–H groups in total. The Kier molecular flexibility index (Phi) is 3.84. The van der Waals surface area contributed by atoms with Crippen LogP contribution < -0.4 is 5.32 Å². The normalized spacial score (nSPS) is 13.2. The van der Waals surface area contributed by atoms with Crippen molar-refractivity contribution in [1.29, 1.82) is 0 Å². The standard InChI is InChI=1S/C8H8F3N3O3/c9-8(10,11)5(15)2-14-6-3-12-4(1-13-6)7(16)17/h1,3,5,15H,2H2,(H,13,14)(H,16,17). The summed E-state index contributed by atoms with van der Waals surface area (Å²) < 4.78 is 35.8. The number of hydrogen-bond donors (Lipinski definition) is 3. The predicted molar refractivity (Wildman–Crippen MR) is 49.5 cm³/mol. The lowest BCUT2D eigenvalue weighted by Gasteiger charge is -2.14. The minimum Gasteiger partial charge on any atom is -0.476 e. The number of anilines is 1. The Bertz CT molecular complexity index is 393. The molecule has 1 atom stereocenters. The molecule has 9 heteroatoms. The van der Waals surface area contributed by atoms with Crippen LogP contribution >= 0.6 is 0 Å². The number of nitrogens with one attached hydrogen (secondary N) is 1. The van der Waals surface area contributed by atoms with Gasteiger partial charge < -0.3 is 15.5 Å². The van der Waals surface area contributed by atoms with Crippen molar-refractivity contribution in [3.05, 3.63) is 18.1 Å². The molecule has 0 aliphatic rings. The molecule has 0 radical (unpaired) electrons. The number of carboxylic acid groups (broad SMARTS) is 1. The van der Waals surface area contributed by atoms with Gasteiger partial charge in [-0.05, 0) is 0 Å². The molecule has 1 rings (SSSR count). The SMILES string of the molecule is O=C(O)c1cnc(NCC(O)C(F)(F)F)cn1. The van der Waals surface area contributed by atoms with Gasteiger partial charge in [-0.1, -0.05) is 0 Å². The number of rotatable bonds is 4. The molecular formula is C8H8F3N3O3. The highest BCUT2D eigenvalue weighted by atomic mass is 19.4. The predicted octanol–water partition coefficient (Wildman–Crippen LogP) is 0.510. The smallest absolute Gasteiger partial charge is 0.416 e. The Morgan fingerprint density at radius 1 is 1.41 bits per heavy atom. The third kappa shape index (κ3) is 3.87. The van der Waals surface area contributed by atoms with Crippen LogP contribution in [0.25, 0.3) is 0 Å². The fourth-order valence-electron chi connectivity index (χ4n) is 0.847. The first kappa shape index (κ1) is 13.2. The number of aromatic nitrogens is 2. The van der Waals surface area contributed by atoms with E-state index in [0.717, 1.165) is 12.4 Å². The number of aliphatic hydroxyl groups is 1. The molecule has 1 unspecified atom stereocenters. The van der Waals surface area contributed by atoms with Crippen LogP contribution in [0.4, 0.5) is 19.0 Å². The molecule has 17 heavy (non-hydrogen) atoms. The number of halogens is 3. The Labute approximate surface area is 93.1 Å². The molecule has 0 aliphatic carbocycles. The highest BCUT2D eigenvalue weighted by Gasteiger charge is 2.37. The number of hydrogen-bond acceptors (Lipinski definition) is 5. The molecule has 0 aromatic carbocycles. The summed E-state index contributed by atoms with van der Waals surface area (Å²) >= 11 is 0. The van der Waals surface area contributed by atoms with Crippen molar-refractivity contribution < 1.29 is 28.2 Å². The van der Waals surface area contributed by atoms with Crippen molar-refractivity contribution in [3.8, 4) is 0 Å². The lowest BCUT2D eigenvalue weighted by atomic mass is 10.3. The van der Waals surface area contributed by atoms with Gasteiger partial charge in [0.1, 0.15) is 5.82 Å². The summed E-state index contributed by atoms with van der Waals surface area (Å²) in [6, 6.07) is 0. The summed E-state index contributed by atoms with van der Waals surface area (Å²) in [6.07, 6.45) is -5.39. The van der Waals surface area contributed by atoms with Crippen LogP contribution in [0.3, 0.4) is 0 Å². The monoisotopic (exact) mass is 251 g/mol. The van der Waals surface area contributed by atoms with Gasteiger partial charge in [0, 0.05) is 0 Å². The zero-order valence-corrected chi connectivity index (χ0v) is 8.27. The van der Waals surface area contributed by atoms with Crippen molar-refractivity contribution in [2.75, 3.05) is 11.9 Å². The molecule has 0 bridgehead atoms. The van der Waals surface area contributed by atoms with Gasteiger partial charge in [0.05, 0.1) is 18.9 Å². The molecule has 0 aliphatic heterocycles. The van der Waals surface area contributed by atoms with Gasteiger partial charge in [0.25, 0.3) is 0 Å². The van der Waals surface area contributed by atoms with Gasteiger partial charge in [-0.25, -0.2) is 14.8 Å². The van der Waals surface area contributed by atoms with Gasteiger partial charge in [0.2, 0.25) is 0 Å². The molecule has 1 heterocycles. The molecule has 94 valence electrons. The van der Waals surface area contributed by atoms with E-state index >= 15 is 0 Å². The van der Waals surface area contributed by atoms with Crippen LogP contribution in [0, 0.1) is 0 Å². The van der Waals surface area contributed by atoms with E-state index in [9.17, 15) is 18.0 Å². The minimum atomic E-state index is -4.72. The Morgan fingerprint density at radius 3 is 2.47 bits per heavy atom. The lowest BCUT2D eigenvalue weighted by molar-refractivity contribution is -0.198. The average Bonchev–Trinajstić information content (AvgIpc) is 2.25. The largest absolute Gasteiger partial charge is 0.476 e. The number of alkyl halides is 3. The van der Waals surface area contributed by atoms with E-state index in [2.05, 4.69) is 15.3 Å². The summed E-state index contributed by atoms with van der Waals surface area (Å²) in [7, 11) is 0. The first-order chi connectivity index (χ1) is 7.80. The van der Waals surface area contributed by atoms with Crippen molar-refractivity contribution in [1.82, 2.24) is 9.97 Å². The van der Waals surface area contributed by atoms with Crippen molar-refractivity contribution in [3.63, 3.8) is 0 Å². The second-order valence-electron chi connectivity index (χ2n) is 3.03. The summed E-state index contributed by atoms with van der Waals surface area (Å²) in [6.45, 7) is -0.787. The van der Waals surface area contributed by atoms with Crippen LogP contribution in [0.2, 0.25) is 0 Å². The van der Waals surface area contributed by atoms with E-state index in [0.29, 0.717) is 0 Å². The number of aliphatic hydroxyl groups excluding tert-OH is 1. The minimum absolute atomic E-state index is 0.0571. The van der Waals surface area contributed by atoms with Crippen LogP contribution in [0.15, 0.2) is 12.4 Å². The number of aromatic carboxylic acids is 1. The third-order valence-corrected chi connectivity index (χ3v) is 1.73. The molecular weight excluding hydrogens is 243 g/mol.